The first-order valence-corrected chi connectivity index (χ1v) is 5.90. The third-order valence-corrected chi connectivity index (χ3v) is 3.18. The smallest absolute Gasteiger partial charge is 0.127 e. The van der Waals surface area contributed by atoms with E-state index < -0.39 is 0 Å². The lowest BCUT2D eigenvalue weighted by Gasteiger charge is -2.27. The summed E-state index contributed by atoms with van der Waals surface area (Å²) in [5, 5.41) is 12.2. The highest BCUT2D eigenvalue weighted by molar-refractivity contribution is 5.43. The minimum atomic E-state index is 0.519. The molecule has 1 saturated carbocycles. The fraction of sp³-hybridized carbons (Fsp3) is 0.538. The summed E-state index contributed by atoms with van der Waals surface area (Å²) in [6.07, 6.45) is 6.73. The molecule has 3 heteroatoms. The van der Waals surface area contributed by atoms with Crippen molar-refractivity contribution in [3.8, 4) is 6.07 Å². The predicted molar refractivity (Wildman–Crippen MR) is 64.0 cm³/mol. The highest BCUT2D eigenvalue weighted by atomic mass is 15.0. The van der Waals surface area contributed by atoms with E-state index in [0.717, 1.165) is 11.7 Å². The Morgan fingerprint density at radius 3 is 3.12 bits per heavy atom. The van der Waals surface area contributed by atoms with Gasteiger partial charge < -0.3 is 5.32 Å². The third-order valence-electron chi connectivity index (χ3n) is 3.18. The summed E-state index contributed by atoms with van der Waals surface area (Å²) in [6.45, 7) is 2.30. The van der Waals surface area contributed by atoms with Crippen molar-refractivity contribution in [2.45, 2.75) is 38.6 Å². The van der Waals surface area contributed by atoms with Gasteiger partial charge in [-0.2, -0.15) is 5.26 Å². The van der Waals surface area contributed by atoms with Crippen LogP contribution < -0.4 is 5.32 Å². The van der Waals surface area contributed by atoms with Gasteiger partial charge in [-0.1, -0.05) is 19.8 Å². The van der Waals surface area contributed by atoms with Crippen molar-refractivity contribution in [2.75, 3.05) is 5.32 Å². The molecule has 0 saturated heterocycles. The molecule has 2 unspecified atom stereocenters. The minimum Gasteiger partial charge on any atom is -0.367 e. The average molecular weight is 215 g/mol. The van der Waals surface area contributed by atoms with Crippen molar-refractivity contribution in [3.05, 3.63) is 23.9 Å². The second kappa shape index (κ2) is 4.98. The first-order chi connectivity index (χ1) is 7.78. The Hall–Kier alpha value is -1.56. The van der Waals surface area contributed by atoms with Crippen LogP contribution in [0.15, 0.2) is 18.3 Å². The molecule has 1 aromatic rings. The molecule has 0 aromatic carbocycles. The molecule has 0 bridgehead atoms. The van der Waals surface area contributed by atoms with E-state index in [1.807, 2.05) is 6.07 Å². The summed E-state index contributed by atoms with van der Waals surface area (Å²) in [7, 11) is 0. The van der Waals surface area contributed by atoms with Gasteiger partial charge in [0.15, 0.2) is 0 Å². The Labute approximate surface area is 96.5 Å². The van der Waals surface area contributed by atoms with Gasteiger partial charge >= 0.3 is 0 Å². The van der Waals surface area contributed by atoms with E-state index in [2.05, 4.69) is 23.3 Å². The van der Waals surface area contributed by atoms with E-state index in [1.54, 1.807) is 12.3 Å². The highest BCUT2D eigenvalue weighted by Crippen LogP contribution is 2.25. The van der Waals surface area contributed by atoms with Crippen molar-refractivity contribution >= 4 is 5.82 Å². The van der Waals surface area contributed by atoms with Crippen LogP contribution in [0.5, 0.6) is 0 Å². The molecule has 84 valence electrons. The molecule has 2 atom stereocenters. The van der Waals surface area contributed by atoms with Crippen molar-refractivity contribution in [1.29, 1.82) is 5.26 Å². The van der Waals surface area contributed by atoms with E-state index in [9.17, 15) is 0 Å². The molecule has 1 heterocycles. The molecule has 3 nitrogen and oxygen atoms in total. The summed E-state index contributed by atoms with van der Waals surface area (Å²) in [4.78, 5) is 4.24. The van der Waals surface area contributed by atoms with Gasteiger partial charge in [0.25, 0.3) is 0 Å². The first kappa shape index (κ1) is 10.9. The maximum Gasteiger partial charge on any atom is 0.127 e. The van der Waals surface area contributed by atoms with Crippen molar-refractivity contribution in [1.82, 2.24) is 4.98 Å². The van der Waals surface area contributed by atoms with Gasteiger partial charge in [0.05, 0.1) is 11.6 Å². The van der Waals surface area contributed by atoms with E-state index in [4.69, 9.17) is 5.26 Å². The second-order valence-electron chi connectivity index (χ2n) is 4.65. The molecule has 1 N–H and O–H groups in total. The highest BCUT2D eigenvalue weighted by Gasteiger charge is 2.18. The summed E-state index contributed by atoms with van der Waals surface area (Å²) in [5.41, 5.74) is 0.668. The van der Waals surface area contributed by atoms with Crippen LogP contribution in [0.2, 0.25) is 0 Å². The zero-order valence-corrected chi connectivity index (χ0v) is 9.61. The fourth-order valence-corrected chi connectivity index (χ4v) is 2.35. The topological polar surface area (TPSA) is 48.7 Å². The number of pyridine rings is 1. The summed E-state index contributed by atoms with van der Waals surface area (Å²) >= 11 is 0. The predicted octanol–water partition coefficient (Wildman–Crippen LogP) is 2.94. The molecule has 1 aliphatic carbocycles. The number of nitrogens with one attached hydrogen (secondary N) is 1. The molecule has 0 aliphatic heterocycles. The van der Waals surface area contributed by atoms with Crippen LogP contribution in [0, 0.1) is 17.2 Å². The number of nitrogens with zero attached hydrogens (tertiary/aromatic N) is 2. The number of aromatic nitrogens is 1. The van der Waals surface area contributed by atoms with Gasteiger partial charge in [0.2, 0.25) is 0 Å². The standard InChI is InChI=1S/C13H17N3/c1-10-3-2-4-12(7-10)16-13-8-11(9-14)5-6-15-13/h5-6,8,10,12H,2-4,7H2,1H3,(H,15,16). The molecular weight excluding hydrogens is 198 g/mol. The van der Waals surface area contributed by atoms with Crippen LogP contribution in [0.3, 0.4) is 0 Å². The molecule has 1 aliphatic rings. The summed E-state index contributed by atoms with van der Waals surface area (Å²) in [5.74, 6) is 1.63. The molecule has 1 fully saturated rings. The van der Waals surface area contributed by atoms with E-state index >= 15 is 0 Å². The summed E-state index contributed by atoms with van der Waals surface area (Å²) in [6, 6.07) is 6.20. The monoisotopic (exact) mass is 215 g/mol. The third kappa shape index (κ3) is 2.73. The minimum absolute atomic E-state index is 0.519. The van der Waals surface area contributed by atoms with Crippen LogP contribution in [0.25, 0.3) is 0 Å². The maximum atomic E-state index is 8.80. The maximum absolute atomic E-state index is 8.80. The van der Waals surface area contributed by atoms with E-state index in [1.165, 1.54) is 25.7 Å². The Bertz CT molecular complexity index is 394. The van der Waals surface area contributed by atoms with Gasteiger partial charge in [-0.3, -0.25) is 0 Å². The molecule has 1 aromatic heterocycles. The SMILES string of the molecule is CC1CCCC(Nc2cc(C#N)ccn2)C1. The van der Waals surface area contributed by atoms with Crippen LogP contribution in [0.1, 0.15) is 38.2 Å². The van der Waals surface area contributed by atoms with Gasteiger partial charge in [-0.25, -0.2) is 4.98 Å². The van der Waals surface area contributed by atoms with Crippen LogP contribution in [-0.2, 0) is 0 Å². The Morgan fingerprint density at radius 1 is 1.50 bits per heavy atom. The second-order valence-corrected chi connectivity index (χ2v) is 4.65. The first-order valence-electron chi connectivity index (χ1n) is 5.90. The van der Waals surface area contributed by atoms with Gasteiger partial charge in [-0.15, -0.1) is 0 Å². The zero-order valence-electron chi connectivity index (χ0n) is 9.61. The van der Waals surface area contributed by atoms with Gasteiger partial charge in [0, 0.05) is 12.2 Å². The zero-order chi connectivity index (χ0) is 11.4. The van der Waals surface area contributed by atoms with E-state index in [-0.39, 0.29) is 0 Å². The Morgan fingerprint density at radius 2 is 2.38 bits per heavy atom. The van der Waals surface area contributed by atoms with Crippen LogP contribution in [0.4, 0.5) is 5.82 Å². The van der Waals surface area contributed by atoms with Gasteiger partial charge in [0.1, 0.15) is 5.82 Å². The summed E-state index contributed by atoms with van der Waals surface area (Å²) < 4.78 is 0. The lowest BCUT2D eigenvalue weighted by Crippen LogP contribution is -2.26. The molecule has 0 spiro atoms. The molecule has 16 heavy (non-hydrogen) atoms. The van der Waals surface area contributed by atoms with Crippen molar-refractivity contribution in [2.24, 2.45) is 5.92 Å². The molecular formula is C13H17N3. The number of hydrogen-bond acceptors (Lipinski definition) is 3. The van der Waals surface area contributed by atoms with Crippen molar-refractivity contribution < 1.29 is 0 Å². The quantitative estimate of drug-likeness (QED) is 0.825. The number of hydrogen-bond donors (Lipinski definition) is 1. The van der Waals surface area contributed by atoms with Crippen LogP contribution in [-0.4, -0.2) is 11.0 Å². The van der Waals surface area contributed by atoms with Crippen molar-refractivity contribution in [3.63, 3.8) is 0 Å². The normalized spacial score (nSPS) is 24.8. The fourth-order valence-electron chi connectivity index (χ4n) is 2.35. The number of anilines is 1. The van der Waals surface area contributed by atoms with Gasteiger partial charge in [-0.05, 0) is 30.9 Å². The Balaban J connectivity index is 2.00. The molecule has 0 amide bonds. The lowest BCUT2D eigenvalue weighted by molar-refractivity contribution is 0.358. The lowest BCUT2D eigenvalue weighted by atomic mass is 9.87. The average Bonchev–Trinajstić information content (AvgIpc) is 2.29. The Kier molecular flexibility index (Phi) is 3.40. The largest absolute Gasteiger partial charge is 0.367 e. The van der Waals surface area contributed by atoms with Crippen LogP contribution >= 0.6 is 0 Å². The molecule has 2 rings (SSSR count). The molecule has 0 radical (unpaired) electrons. The number of nitriles is 1. The number of rotatable bonds is 2. The van der Waals surface area contributed by atoms with E-state index in [0.29, 0.717) is 11.6 Å².